The molecule has 1 unspecified atom stereocenters. The van der Waals surface area contributed by atoms with E-state index in [0.29, 0.717) is 0 Å². The molecule has 1 fully saturated rings. The van der Waals surface area contributed by atoms with E-state index in [-0.39, 0.29) is 35.6 Å². The zero-order valence-corrected chi connectivity index (χ0v) is 22.0. The van der Waals surface area contributed by atoms with Gasteiger partial charge in [-0.25, -0.2) is 0 Å². The van der Waals surface area contributed by atoms with Crippen LogP contribution in [0.1, 0.15) is 37.1 Å². The Morgan fingerprint density at radius 3 is 2.55 bits per heavy atom. The Kier molecular flexibility index (Phi) is 10.1. The third-order valence-corrected chi connectivity index (χ3v) is 6.11. The molecule has 1 atom stereocenters. The van der Waals surface area contributed by atoms with Crippen molar-refractivity contribution in [2.24, 2.45) is 12.0 Å². The molecule has 3 rings (SSSR count). The van der Waals surface area contributed by atoms with Gasteiger partial charge in [-0.15, -0.1) is 24.0 Å². The van der Waals surface area contributed by atoms with Crippen LogP contribution in [0.5, 0.6) is 0 Å². The Labute approximate surface area is 208 Å². The number of nitrogens with one attached hydrogen (secondary N) is 2. The number of aryl methyl sites for hydroxylation is 1. The van der Waals surface area contributed by atoms with Crippen LogP contribution in [0.3, 0.4) is 0 Å². The van der Waals surface area contributed by atoms with Crippen LogP contribution in [0.4, 0.5) is 0 Å². The molecule has 1 aromatic heterocycles. The van der Waals surface area contributed by atoms with Gasteiger partial charge >= 0.3 is 0 Å². The third-order valence-electron chi connectivity index (χ3n) is 5.90. The van der Waals surface area contributed by atoms with Gasteiger partial charge in [0.1, 0.15) is 0 Å². The molecule has 6 nitrogen and oxygen atoms in total. The average Bonchev–Trinajstić information content (AvgIpc) is 3.06. The lowest BCUT2D eigenvalue weighted by Gasteiger charge is -2.41. The van der Waals surface area contributed by atoms with Gasteiger partial charge in [0.2, 0.25) is 0 Å². The standard InChI is InChI=1S/C23H34ClN5O.HI/c1-18(19-8-6-5-7-9-19)27-23(10-12-30-13-11-23)17-26-22(25-2)29(4)16-21-14-20(24)15-28(21)3;/h5-9,14-15,18,27H,10-13,16-17H2,1-4H3,(H,25,26);1H. The van der Waals surface area contributed by atoms with Crippen LogP contribution in [0.2, 0.25) is 5.02 Å². The maximum Gasteiger partial charge on any atom is 0.193 e. The maximum absolute atomic E-state index is 6.14. The fourth-order valence-corrected chi connectivity index (χ4v) is 4.37. The van der Waals surface area contributed by atoms with Crippen LogP contribution in [-0.4, -0.2) is 54.8 Å². The minimum Gasteiger partial charge on any atom is -0.381 e. The Morgan fingerprint density at radius 2 is 1.97 bits per heavy atom. The second-order valence-electron chi connectivity index (χ2n) is 8.19. The molecule has 0 radical (unpaired) electrons. The number of hydrogen-bond donors (Lipinski definition) is 2. The van der Waals surface area contributed by atoms with Gasteiger partial charge in [0.15, 0.2) is 5.96 Å². The molecule has 1 aliphatic rings. The first-order chi connectivity index (χ1) is 14.4. The van der Waals surface area contributed by atoms with Crippen molar-refractivity contribution in [3.05, 3.63) is 58.9 Å². The Hall–Kier alpha value is -1.29. The minimum atomic E-state index is -0.0431. The summed E-state index contributed by atoms with van der Waals surface area (Å²) in [6.45, 7) is 5.29. The van der Waals surface area contributed by atoms with Crippen molar-refractivity contribution >= 4 is 41.5 Å². The lowest BCUT2D eigenvalue weighted by atomic mass is 9.88. The van der Waals surface area contributed by atoms with Crippen molar-refractivity contribution in [3.63, 3.8) is 0 Å². The van der Waals surface area contributed by atoms with E-state index in [4.69, 9.17) is 16.3 Å². The first-order valence-electron chi connectivity index (χ1n) is 10.6. The number of rotatable bonds is 7. The molecule has 0 saturated carbocycles. The quantitative estimate of drug-likeness (QED) is 0.303. The van der Waals surface area contributed by atoms with E-state index in [9.17, 15) is 0 Å². The monoisotopic (exact) mass is 559 g/mol. The summed E-state index contributed by atoms with van der Waals surface area (Å²) in [7, 11) is 5.89. The van der Waals surface area contributed by atoms with Crippen molar-refractivity contribution in [2.45, 2.75) is 37.9 Å². The van der Waals surface area contributed by atoms with Gasteiger partial charge in [-0.05, 0) is 31.4 Å². The molecule has 0 aliphatic carbocycles. The van der Waals surface area contributed by atoms with Crippen molar-refractivity contribution in [3.8, 4) is 0 Å². The molecule has 2 heterocycles. The molecule has 1 saturated heterocycles. The molecule has 2 N–H and O–H groups in total. The fourth-order valence-electron chi connectivity index (χ4n) is 4.09. The van der Waals surface area contributed by atoms with Crippen LogP contribution < -0.4 is 10.6 Å². The molecule has 1 aromatic carbocycles. The second-order valence-corrected chi connectivity index (χ2v) is 8.62. The van der Waals surface area contributed by atoms with Crippen LogP contribution in [0.15, 0.2) is 47.6 Å². The van der Waals surface area contributed by atoms with E-state index in [0.717, 1.165) is 55.8 Å². The van der Waals surface area contributed by atoms with E-state index < -0.39 is 0 Å². The van der Waals surface area contributed by atoms with Crippen LogP contribution >= 0.6 is 35.6 Å². The summed E-state index contributed by atoms with van der Waals surface area (Å²) in [5.74, 6) is 0.868. The highest BCUT2D eigenvalue weighted by molar-refractivity contribution is 14.0. The number of aliphatic imine (C=N–C) groups is 1. The van der Waals surface area contributed by atoms with Gasteiger partial charge in [0.25, 0.3) is 0 Å². The molecule has 0 bridgehead atoms. The molecule has 1 aliphatic heterocycles. The summed E-state index contributed by atoms with van der Waals surface area (Å²) < 4.78 is 7.71. The molecule has 0 amide bonds. The number of aromatic nitrogens is 1. The van der Waals surface area contributed by atoms with E-state index in [2.05, 4.69) is 62.3 Å². The average molecular weight is 560 g/mol. The highest BCUT2D eigenvalue weighted by atomic mass is 127. The molecule has 2 aromatic rings. The molecule has 31 heavy (non-hydrogen) atoms. The van der Waals surface area contributed by atoms with Crippen molar-refractivity contribution in [1.29, 1.82) is 0 Å². The van der Waals surface area contributed by atoms with Crippen LogP contribution in [-0.2, 0) is 18.3 Å². The molecule has 0 spiro atoms. The number of ether oxygens (including phenoxy) is 1. The lowest BCUT2D eigenvalue weighted by molar-refractivity contribution is 0.0353. The van der Waals surface area contributed by atoms with Crippen LogP contribution in [0, 0.1) is 0 Å². The summed E-state index contributed by atoms with van der Waals surface area (Å²) in [6.07, 6.45) is 3.85. The molecular weight excluding hydrogens is 525 g/mol. The first-order valence-corrected chi connectivity index (χ1v) is 10.9. The van der Waals surface area contributed by atoms with E-state index in [1.807, 2.05) is 33.4 Å². The number of guanidine groups is 1. The maximum atomic E-state index is 6.14. The number of hydrogen-bond acceptors (Lipinski definition) is 3. The van der Waals surface area contributed by atoms with Crippen molar-refractivity contribution < 1.29 is 4.74 Å². The summed E-state index contributed by atoms with van der Waals surface area (Å²) >= 11 is 6.14. The largest absolute Gasteiger partial charge is 0.381 e. The SMILES string of the molecule is CN=C(NCC1(NC(C)c2ccccc2)CCOCC1)N(C)Cc1cc(Cl)cn1C.I. The van der Waals surface area contributed by atoms with E-state index in [1.54, 1.807) is 0 Å². The summed E-state index contributed by atoms with van der Waals surface area (Å²) in [6, 6.07) is 12.8. The second kappa shape index (κ2) is 12.1. The van der Waals surface area contributed by atoms with Gasteiger partial charge in [-0.1, -0.05) is 41.9 Å². The van der Waals surface area contributed by atoms with Crippen molar-refractivity contribution in [2.75, 3.05) is 33.9 Å². The normalized spacial score (nSPS) is 17.0. The third kappa shape index (κ3) is 7.10. The van der Waals surface area contributed by atoms with Gasteiger partial charge < -0.3 is 24.8 Å². The molecule has 172 valence electrons. The van der Waals surface area contributed by atoms with Gasteiger partial charge in [-0.2, -0.15) is 0 Å². The summed E-state index contributed by atoms with van der Waals surface area (Å²) in [5.41, 5.74) is 2.39. The topological polar surface area (TPSA) is 53.8 Å². The smallest absolute Gasteiger partial charge is 0.193 e. The Bertz CT molecular complexity index is 836. The predicted molar refractivity (Wildman–Crippen MR) is 139 cm³/mol. The predicted octanol–water partition coefficient (Wildman–Crippen LogP) is 4.20. The van der Waals surface area contributed by atoms with Crippen LogP contribution in [0.25, 0.3) is 0 Å². The highest BCUT2D eigenvalue weighted by Gasteiger charge is 2.34. The fraction of sp³-hybridized carbons (Fsp3) is 0.522. The van der Waals surface area contributed by atoms with Gasteiger partial charge in [0.05, 0.1) is 11.6 Å². The zero-order chi connectivity index (χ0) is 21.6. The molecule has 8 heteroatoms. The number of halogens is 2. The van der Waals surface area contributed by atoms with Gasteiger partial charge in [-0.3, -0.25) is 4.99 Å². The van der Waals surface area contributed by atoms with E-state index >= 15 is 0 Å². The van der Waals surface area contributed by atoms with E-state index in [1.165, 1.54) is 5.56 Å². The number of nitrogens with zero attached hydrogens (tertiary/aromatic N) is 3. The summed E-state index contributed by atoms with van der Waals surface area (Å²) in [4.78, 5) is 6.63. The highest BCUT2D eigenvalue weighted by Crippen LogP contribution is 2.25. The minimum absolute atomic E-state index is 0. The number of benzene rings is 1. The van der Waals surface area contributed by atoms with Crippen molar-refractivity contribution in [1.82, 2.24) is 20.1 Å². The molecular formula is C23H35ClIN5O. The van der Waals surface area contributed by atoms with Gasteiger partial charge in [0, 0.05) is 64.4 Å². The zero-order valence-electron chi connectivity index (χ0n) is 18.9. The summed E-state index contributed by atoms with van der Waals surface area (Å²) in [5, 5.41) is 8.24. The Morgan fingerprint density at radius 1 is 1.29 bits per heavy atom. The lowest BCUT2D eigenvalue weighted by Crippen LogP contribution is -2.58. The first kappa shape index (κ1) is 26.0. The Balaban J connectivity index is 0.00000341.